The second-order valence-corrected chi connectivity index (χ2v) is 8.23. The van der Waals surface area contributed by atoms with Gasteiger partial charge >= 0.3 is 5.97 Å². The number of carbonyl (C=O) groups excluding carboxylic acids is 1. The standard InChI is InChI=1S/C23H38O4/c1-4-6-7-10-17-23(3,5-2)21(25)16-14-18-13-15-20(24)19(18)11-8-9-12-22(26)27/h8-9,14,16,18-19,21,25H,4-7,10-13,15,17H2,1-3H3,(H,26,27)/b9-8-,16-14?/t18-,19-,21?,23?/m0/s1. The zero-order valence-corrected chi connectivity index (χ0v) is 17.3. The summed E-state index contributed by atoms with van der Waals surface area (Å²) < 4.78 is 0. The molecule has 0 aromatic rings. The Balaban J connectivity index is 2.63. The van der Waals surface area contributed by atoms with Crippen molar-refractivity contribution in [3.8, 4) is 0 Å². The van der Waals surface area contributed by atoms with Crippen molar-refractivity contribution in [3.63, 3.8) is 0 Å². The highest BCUT2D eigenvalue weighted by Gasteiger charge is 2.33. The smallest absolute Gasteiger partial charge is 0.307 e. The molecule has 0 radical (unpaired) electrons. The monoisotopic (exact) mass is 378 g/mol. The van der Waals surface area contributed by atoms with Crippen LogP contribution in [0.4, 0.5) is 0 Å². The number of ketones is 1. The molecule has 154 valence electrons. The molecule has 4 nitrogen and oxygen atoms in total. The van der Waals surface area contributed by atoms with Gasteiger partial charge in [0.2, 0.25) is 0 Å². The van der Waals surface area contributed by atoms with Crippen molar-refractivity contribution in [1.29, 1.82) is 0 Å². The zero-order chi connectivity index (χ0) is 20.3. The topological polar surface area (TPSA) is 74.6 Å². The molecule has 2 N–H and O–H groups in total. The van der Waals surface area contributed by atoms with Gasteiger partial charge in [0, 0.05) is 12.3 Å². The van der Waals surface area contributed by atoms with E-state index in [1.165, 1.54) is 19.3 Å². The maximum atomic E-state index is 12.2. The van der Waals surface area contributed by atoms with Gasteiger partial charge in [-0.3, -0.25) is 9.59 Å². The second kappa shape index (κ2) is 12.1. The van der Waals surface area contributed by atoms with Crippen LogP contribution in [0.25, 0.3) is 0 Å². The summed E-state index contributed by atoms with van der Waals surface area (Å²) in [5.41, 5.74) is -0.121. The first-order valence-electron chi connectivity index (χ1n) is 10.6. The van der Waals surface area contributed by atoms with Crippen LogP contribution < -0.4 is 0 Å². The zero-order valence-electron chi connectivity index (χ0n) is 17.3. The minimum atomic E-state index is -0.860. The van der Waals surface area contributed by atoms with Gasteiger partial charge in [0.05, 0.1) is 12.5 Å². The number of aliphatic hydroxyl groups is 1. The lowest BCUT2D eigenvalue weighted by molar-refractivity contribution is -0.136. The van der Waals surface area contributed by atoms with Crippen molar-refractivity contribution in [2.24, 2.45) is 17.3 Å². The molecular formula is C23H38O4. The molecule has 0 aromatic carbocycles. The van der Waals surface area contributed by atoms with Crippen LogP contribution in [-0.4, -0.2) is 28.1 Å². The fourth-order valence-corrected chi connectivity index (χ4v) is 3.87. The highest BCUT2D eigenvalue weighted by atomic mass is 16.4. The van der Waals surface area contributed by atoms with Gasteiger partial charge in [0.25, 0.3) is 0 Å². The summed E-state index contributed by atoms with van der Waals surface area (Å²) in [7, 11) is 0. The van der Waals surface area contributed by atoms with Gasteiger partial charge in [-0.1, -0.05) is 70.8 Å². The lowest BCUT2D eigenvalue weighted by Gasteiger charge is -2.32. The summed E-state index contributed by atoms with van der Waals surface area (Å²) in [5, 5.41) is 19.5. The van der Waals surface area contributed by atoms with Crippen molar-refractivity contribution in [2.45, 2.75) is 91.1 Å². The number of Topliss-reactive ketones (excluding diaryl/α,β-unsaturated/α-hetero) is 1. The van der Waals surface area contributed by atoms with Crippen LogP contribution >= 0.6 is 0 Å². The van der Waals surface area contributed by atoms with Crippen molar-refractivity contribution in [1.82, 2.24) is 0 Å². The Bertz CT molecular complexity index is 522. The van der Waals surface area contributed by atoms with E-state index in [4.69, 9.17) is 5.11 Å². The van der Waals surface area contributed by atoms with Crippen molar-refractivity contribution >= 4 is 11.8 Å². The fraction of sp³-hybridized carbons (Fsp3) is 0.739. The largest absolute Gasteiger partial charge is 0.481 e. The van der Waals surface area contributed by atoms with E-state index in [9.17, 15) is 14.7 Å². The second-order valence-electron chi connectivity index (χ2n) is 8.23. The SMILES string of the molecule is CCCCCCC(C)(CC)C(O)C=C[C@@H]1CCC(=O)[C@H]1C/C=C\CC(=O)O. The number of hydrogen-bond donors (Lipinski definition) is 2. The third kappa shape index (κ3) is 8.00. The average molecular weight is 379 g/mol. The molecule has 1 saturated carbocycles. The third-order valence-corrected chi connectivity index (χ3v) is 6.17. The molecule has 0 amide bonds. The van der Waals surface area contributed by atoms with Gasteiger partial charge in [-0.05, 0) is 37.0 Å². The molecule has 0 aliphatic heterocycles. The predicted octanol–water partition coefficient (Wildman–Crippen LogP) is 5.31. The molecule has 4 atom stereocenters. The number of unbranched alkanes of at least 4 members (excludes halogenated alkanes) is 3. The Morgan fingerprint density at radius 2 is 2.00 bits per heavy atom. The van der Waals surface area contributed by atoms with E-state index >= 15 is 0 Å². The lowest BCUT2D eigenvalue weighted by atomic mass is 9.76. The molecule has 27 heavy (non-hydrogen) atoms. The first kappa shape index (κ1) is 23.6. The molecule has 2 unspecified atom stereocenters. The molecular weight excluding hydrogens is 340 g/mol. The minimum Gasteiger partial charge on any atom is -0.481 e. The maximum Gasteiger partial charge on any atom is 0.307 e. The van der Waals surface area contributed by atoms with Crippen LogP contribution in [0.5, 0.6) is 0 Å². The van der Waals surface area contributed by atoms with Crippen LogP contribution in [-0.2, 0) is 9.59 Å². The van der Waals surface area contributed by atoms with Crippen LogP contribution in [0.3, 0.4) is 0 Å². The normalized spacial score (nSPS) is 23.9. The van der Waals surface area contributed by atoms with Gasteiger partial charge in [-0.2, -0.15) is 0 Å². The van der Waals surface area contributed by atoms with E-state index in [0.29, 0.717) is 12.8 Å². The van der Waals surface area contributed by atoms with E-state index in [2.05, 4.69) is 20.8 Å². The predicted molar refractivity (Wildman–Crippen MR) is 110 cm³/mol. The number of aliphatic carboxylic acids is 1. The Labute approximate surface area is 164 Å². The number of carbonyl (C=O) groups is 2. The minimum absolute atomic E-state index is 0.00693. The number of allylic oxidation sites excluding steroid dienone is 2. The summed E-state index contributed by atoms with van der Waals surface area (Å²) >= 11 is 0. The van der Waals surface area contributed by atoms with Crippen molar-refractivity contribution < 1.29 is 19.8 Å². The molecule has 1 rings (SSSR count). The Morgan fingerprint density at radius 1 is 1.26 bits per heavy atom. The Morgan fingerprint density at radius 3 is 2.63 bits per heavy atom. The first-order valence-corrected chi connectivity index (χ1v) is 10.6. The Kier molecular flexibility index (Phi) is 10.6. The summed E-state index contributed by atoms with van der Waals surface area (Å²) in [6, 6.07) is 0. The Hall–Kier alpha value is -1.42. The molecule has 1 fully saturated rings. The summed E-state index contributed by atoms with van der Waals surface area (Å²) in [4.78, 5) is 22.7. The van der Waals surface area contributed by atoms with Gasteiger partial charge in [0.15, 0.2) is 0 Å². The van der Waals surface area contributed by atoms with Crippen molar-refractivity contribution in [2.75, 3.05) is 0 Å². The first-order chi connectivity index (χ1) is 12.8. The van der Waals surface area contributed by atoms with Crippen LogP contribution in [0.15, 0.2) is 24.3 Å². The average Bonchev–Trinajstić information content (AvgIpc) is 2.99. The molecule has 0 spiro atoms. The molecule has 0 saturated heterocycles. The number of hydrogen-bond acceptors (Lipinski definition) is 3. The van der Waals surface area contributed by atoms with E-state index in [0.717, 1.165) is 25.7 Å². The highest BCUT2D eigenvalue weighted by molar-refractivity contribution is 5.83. The molecule has 0 heterocycles. The number of carboxylic acid groups (broad SMARTS) is 1. The van der Waals surface area contributed by atoms with Gasteiger partial charge in [-0.25, -0.2) is 0 Å². The maximum absolute atomic E-state index is 12.2. The quantitative estimate of drug-likeness (QED) is 0.336. The third-order valence-electron chi connectivity index (χ3n) is 6.17. The summed E-state index contributed by atoms with van der Waals surface area (Å²) in [6.45, 7) is 6.48. The lowest BCUT2D eigenvalue weighted by Crippen LogP contribution is -2.30. The van der Waals surface area contributed by atoms with Crippen LogP contribution in [0, 0.1) is 17.3 Å². The van der Waals surface area contributed by atoms with Crippen LogP contribution in [0.2, 0.25) is 0 Å². The van der Waals surface area contributed by atoms with Gasteiger partial charge in [0.1, 0.15) is 5.78 Å². The van der Waals surface area contributed by atoms with E-state index in [1.54, 1.807) is 6.08 Å². The van der Waals surface area contributed by atoms with Gasteiger partial charge < -0.3 is 10.2 Å². The molecule has 1 aliphatic carbocycles. The molecule has 1 aliphatic rings. The van der Waals surface area contributed by atoms with E-state index in [1.807, 2.05) is 18.2 Å². The fourth-order valence-electron chi connectivity index (χ4n) is 3.87. The number of carboxylic acids is 1. The van der Waals surface area contributed by atoms with Crippen LogP contribution in [0.1, 0.15) is 85.0 Å². The van der Waals surface area contributed by atoms with Crippen molar-refractivity contribution in [3.05, 3.63) is 24.3 Å². The highest BCUT2D eigenvalue weighted by Crippen LogP contribution is 2.36. The summed E-state index contributed by atoms with van der Waals surface area (Å²) in [6.07, 6.45) is 15.6. The number of aliphatic hydroxyl groups excluding tert-OH is 1. The molecule has 0 aromatic heterocycles. The van der Waals surface area contributed by atoms with E-state index in [-0.39, 0.29) is 29.5 Å². The number of rotatable bonds is 13. The molecule has 4 heteroatoms. The van der Waals surface area contributed by atoms with E-state index < -0.39 is 12.1 Å². The van der Waals surface area contributed by atoms with Gasteiger partial charge in [-0.15, -0.1) is 0 Å². The molecule has 0 bridgehead atoms. The summed E-state index contributed by atoms with van der Waals surface area (Å²) in [5.74, 6) is -0.558.